The minimum absolute atomic E-state index is 0.0333. The molecule has 1 heterocycles. The molecule has 7 heteroatoms. The summed E-state index contributed by atoms with van der Waals surface area (Å²) >= 11 is 7.25. The van der Waals surface area contributed by atoms with Gasteiger partial charge in [0.15, 0.2) is 0 Å². The smallest absolute Gasteiger partial charge is 0.270 e. The highest BCUT2D eigenvalue weighted by Crippen LogP contribution is 2.31. The maximum Gasteiger partial charge on any atom is 0.270 e. The second-order valence-corrected chi connectivity index (χ2v) is 6.41. The van der Waals surface area contributed by atoms with Crippen LogP contribution in [0.3, 0.4) is 0 Å². The number of hydrogen-bond acceptors (Lipinski definition) is 4. The molecular formula is C17H9ClFNO3S. The van der Waals surface area contributed by atoms with Crippen molar-refractivity contribution in [1.82, 2.24) is 0 Å². The number of carbonyl (C=O) groups excluding carboxylic acids is 1. The zero-order valence-corrected chi connectivity index (χ0v) is 13.6. The van der Waals surface area contributed by atoms with Crippen LogP contribution in [0.15, 0.2) is 54.6 Å². The maximum absolute atomic E-state index is 13.0. The highest BCUT2D eigenvalue weighted by Gasteiger charge is 2.18. The molecule has 0 unspecified atom stereocenters. The first-order valence-electron chi connectivity index (χ1n) is 6.80. The molecule has 0 radical (unpaired) electrons. The van der Waals surface area contributed by atoms with Crippen LogP contribution >= 0.6 is 22.9 Å². The van der Waals surface area contributed by atoms with Crippen molar-refractivity contribution in [2.45, 2.75) is 0 Å². The van der Waals surface area contributed by atoms with E-state index in [9.17, 15) is 19.3 Å². The third-order valence-electron chi connectivity index (χ3n) is 3.37. The van der Waals surface area contributed by atoms with E-state index in [0.29, 0.717) is 4.88 Å². The molecule has 2 aromatic carbocycles. The van der Waals surface area contributed by atoms with E-state index < -0.39 is 4.92 Å². The number of nitro groups is 1. The van der Waals surface area contributed by atoms with Crippen molar-refractivity contribution >= 4 is 34.4 Å². The summed E-state index contributed by atoms with van der Waals surface area (Å²) < 4.78 is 13.0. The molecule has 24 heavy (non-hydrogen) atoms. The molecule has 0 atom stereocenters. The fourth-order valence-electron chi connectivity index (χ4n) is 2.16. The maximum atomic E-state index is 13.0. The molecule has 0 fully saturated rings. The number of nitrogens with zero attached hydrogens (tertiary/aromatic N) is 1. The van der Waals surface area contributed by atoms with Crippen LogP contribution in [-0.2, 0) is 0 Å². The predicted octanol–water partition coefficient (Wildman–Crippen LogP) is 5.35. The fraction of sp³-hybridized carbons (Fsp3) is 0. The lowest BCUT2D eigenvalue weighted by molar-refractivity contribution is -0.384. The lowest BCUT2D eigenvalue weighted by Crippen LogP contribution is -2.00. The number of thiophene rings is 1. The molecule has 0 bridgehead atoms. The molecule has 0 aliphatic rings. The summed E-state index contributed by atoms with van der Waals surface area (Å²) in [7, 11) is 0. The summed E-state index contributed by atoms with van der Waals surface area (Å²) in [5, 5.41) is 10.8. The minimum Gasteiger partial charge on any atom is -0.288 e. The van der Waals surface area contributed by atoms with Gasteiger partial charge in [0, 0.05) is 22.6 Å². The van der Waals surface area contributed by atoms with Gasteiger partial charge in [-0.15, -0.1) is 11.3 Å². The Morgan fingerprint density at radius 2 is 1.79 bits per heavy atom. The molecule has 0 saturated heterocycles. The van der Waals surface area contributed by atoms with Gasteiger partial charge in [0.2, 0.25) is 5.78 Å². The number of hydrogen-bond donors (Lipinski definition) is 0. The Morgan fingerprint density at radius 1 is 1.08 bits per heavy atom. The summed E-state index contributed by atoms with van der Waals surface area (Å²) in [5.41, 5.74) is 0.833. The van der Waals surface area contributed by atoms with Crippen molar-refractivity contribution in [3.8, 4) is 10.4 Å². The van der Waals surface area contributed by atoms with Gasteiger partial charge in [-0.25, -0.2) is 4.39 Å². The SMILES string of the molecule is O=C(c1ccc(-c2ccc(F)cc2)s1)c1ccc([N+](=O)[O-])cc1Cl. The Balaban J connectivity index is 1.91. The summed E-state index contributed by atoms with van der Waals surface area (Å²) in [4.78, 5) is 24.0. The zero-order chi connectivity index (χ0) is 17.3. The largest absolute Gasteiger partial charge is 0.288 e. The van der Waals surface area contributed by atoms with Gasteiger partial charge in [-0.2, -0.15) is 0 Å². The van der Waals surface area contributed by atoms with Crippen molar-refractivity contribution < 1.29 is 14.1 Å². The highest BCUT2D eigenvalue weighted by molar-refractivity contribution is 7.17. The molecule has 0 spiro atoms. The van der Waals surface area contributed by atoms with Gasteiger partial charge in [-0.05, 0) is 35.9 Å². The van der Waals surface area contributed by atoms with Gasteiger partial charge in [-0.3, -0.25) is 14.9 Å². The summed E-state index contributed by atoms with van der Waals surface area (Å²) in [6.07, 6.45) is 0. The topological polar surface area (TPSA) is 60.2 Å². The van der Waals surface area contributed by atoms with Gasteiger partial charge >= 0.3 is 0 Å². The van der Waals surface area contributed by atoms with Crippen LogP contribution in [0.25, 0.3) is 10.4 Å². The predicted molar refractivity (Wildman–Crippen MR) is 91.3 cm³/mol. The Hall–Kier alpha value is -2.57. The van der Waals surface area contributed by atoms with Crippen LogP contribution in [0.4, 0.5) is 10.1 Å². The number of benzene rings is 2. The molecule has 3 aromatic rings. The molecule has 120 valence electrons. The normalized spacial score (nSPS) is 10.6. The van der Waals surface area contributed by atoms with Gasteiger partial charge in [0.25, 0.3) is 5.69 Å². The quantitative estimate of drug-likeness (QED) is 0.357. The van der Waals surface area contributed by atoms with Crippen molar-refractivity contribution in [2.75, 3.05) is 0 Å². The first kappa shape index (κ1) is 16.3. The molecule has 0 amide bonds. The first-order chi connectivity index (χ1) is 11.5. The molecule has 0 N–H and O–H groups in total. The van der Waals surface area contributed by atoms with E-state index in [1.54, 1.807) is 24.3 Å². The minimum atomic E-state index is -0.572. The van der Waals surface area contributed by atoms with Crippen molar-refractivity contribution in [2.24, 2.45) is 0 Å². The number of carbonyl (C=O) groups is 1. The van der Waals surface area contributed by atoms with Crippen LogP contribution in [0.1, 0.15) is 15.2 Å². The lowest BCUT2D eigenvalue weighted by Gasteiger charge is -2.01. The lowest BCUT2D eigenvalue weighted by atomic mass is 10.1. The van der Waals surface area contributed by atoms with Crippen LogP contribution in [0, 0.1) is 15.9 Å². The van der Waals surface area contributed by atoms with Crippen LogP contribution in [-0.4, -0.2) is 10.7 Å². The molecule has 4 nitrogen and oxygen atoms in total. The van der Waals surface area contributed by atoms with Gasteiger partial charge < -0.3 is 0 Å². The number of ketones is 1. The molecule has 3 rings (SSSR count). The Labute approximate surface area is 145 Å². The van der Waals surface area contributed by atoms with Crippen LogP contribution < -0.4 is 0 Å². The molecular weight excluding hydrogens is 353 g/mol. The second kappa shape index (κ2) is 6.51. The monoisotopic (exact) mass is 361 g/mol. The fourth-order valence-corrected chi connectivity index (χ4v) is 3.39. The molecule has 1 aromatic heterocycles. The summed E-state index contributed by atoms with van der Waals surface area (Å²) in [6.45, 7) is 0. The average Bonchev–Trinajstić information content (AvgIpc) is 3.04. The van der Waals surface area contributed by atoms with E-state index in [1.807, 2.05) is 0 Å². The van der Waals surface area contributed by atoms with E-state index >= 15 is 0 Å². The second-order valence-electron chi connectivity index (χ2n) is 4.92. The van der Waals surface area contributed by atoms with Gasteiger partial charge in [-0.1, -0.05) is 23.7 Å². The number of nitro benzene ring substituents is 1. The Morgan fingerprint density at radius 3 is 2.42 bits per heavy atom. The number of rotatable bonds is 4. The Kier molecular flexibility index (Phi) is 4.42. The van der Waals surface area contributed by atoms with Crippen molar-refractivity contribution in [1.29, 1.82) is 0 Å². The first-order valence-corrected chi connectivity index (χ1v) is 7.99. The van der Waals surface area contributed by atoms with E-state index in [1.165, 1.54) is 35.6 Å². The highest BCUT2D eigenvalue weighted by atomic mass is 35.5. The van der Waals surface area contributed by atoms with Crippen molar-refractivity contribution in [3.05, 3.63) is 86.0 Å². The summed E-state index contributed by atoms with van der Waals surface area (Å²) in [6, 6.07) is 13.1. The van der Waals surface area contributed by atoms with Gasteiger partial charge in [0.1, 0.15) is 5.82 Å². The molecule has 0 saturated carbocycles. The summed E-state index contributed by atoms with van der Waals surface area (Å²) in [5.74, 6) is -0.641. The zero-order valence-electron chi connectivity index (χ0n) is 12.0. The van der Waals surface area contributed by atoms with E-state index in [-0.39, 0.29) is 27.9 Å². The number of non-ortho nitro benzene ring substituents is 1. The van der Waals surface area contributed by atoms with Crippen molar-refractivity contribution in [3.63, 3.8) is 0 Å². The average molecular weight is 362 g/mol. The van der Waals surface area contributed by atoms with E-state index in [2.05, 4.69) is 0 Å². The standard InChI is InChI=1S/C17H9ClFNO3S/c18-14-9-12(20(22)23)5-6-13(14)17(21)16-8-7-15(24-16)10-1-3-11(19)4-2-10/h1-9H. The third-order valence-corrected chi connectivity index (χ3v) is 4.81. The Bertz CT molecular complexity index is 937. The van der Waals surface area contributed by atoms with Crippen LogP contribution in [0.2, 0.25) is 5.02 Å². The molecule has 0 aliphatic heterocycles. The third kappa shape index (κ3) is 3.20. The van der Waals surface area contributed by atoms with E-state index in [0.717, 1.165) is 16.5 Å². The molecule has 0 aliphatic carbocycles. The number of halogens is 2. The van der Waals surface area contributed by atoms with Gasteiger partial charge in [0.05, 0.1) is 14.8 Å². The van der Waals surface area contributed by atoms with E-state index in [4.69, 9.17) is 11.6 Å². The van der Waals surface area contributed by atoms with Crippen LogP contribution in [0.5, 0.6) is 0 Å².